The topological polar surface area (TPSA) is 98.5 Å². The van der Waals surface area contributed by atoms with Crippen molar-refractivity contribution < 1.29 is 19.2 Å². The number of carbonyl (C=O) groups is 2. The number of hydrogen-bond acceptors (Lipinski definition) is 5. The van der Waals surface area contributed by atoms with E-state index < -0.39 is 23.4 Å². The average Bonchev–Trinajstić information content (AvgIpc) is 2.62. The number of hydrogen-bond donors (Lipinski definition) is 1. The van der Waals surface area contributed by atoms with Crippen molar-refractivity contribution >= 4 is 23.3 Å². The number of benzene rings is 2. The van der Waals surface area contributed by atoms with Crippen LogP contribution in [0.1, 0.15) is 30.4 Å². The number of carbonyl (C=O) groups excluding carboxylic acids is 2. The quantitative estimate of drug-likeness (QED) is 0.464. The Morgan fingerprint density at radius 1 is 1.15 bits per heavy atom. The van der Waals surface area contributed by atoms with Gasteiger partial charge in [0.2, 0.25) is 0 Å². The van der Waals surface area contributed by atoms with Crippen LogP contribution in [0.5, 0.6) is 0 Å². The van der Waals surface area contributed by atoms with E-state index in [0.29, 0.717) is 5.56 Å². The molecule has 26 heavy (non-hydrogen) atoms. The highest BCUT2D eigenvalue weighted by Gasteiger charge is 2.19. The predicted octanol–water partition coefficient (Wildman–Crippen LogP) is 3.58. The van der Waals surface area contributed by atoms with Crippen LogP contribution >= 0.6 is 0 Å². The molecule has 0 spiro atoms. The normalized spacial score (nSPS) is 11.5. The number of ether oxygens (including phenoxy) is 1. The highest BCUT2D eigenvalue weighted by atomic mass is 16.6. The first kappa shape index (κ1) is 19.1. The van der Waals surface area contributed by atoms with Crippen LogP contribution in [0.4, 0.5) is 11.4 Å². The molecule has 0 aliphatic carbocycles. The lowest BCUT2D eigenvalue weighted by molar-refractivity contribution is -0.384. The van der Waals surface area contributed by atoms with Gasteiger partial charge in [0.1, 0.15) is 5.69 Å². The summed E-state index contributed by atoms with van der Waals surface area (Å²) in [5.74, 6) is -1.16. The zero-order valence-corrected chi connectivity index (χ0v) is 14.6. The van der Waals surface area contributed by atoms with Crippen molar-refractivity contribution in [3.8, 4) is 0 Å². The van der Waals surface area contributed by atoms with Crippen molar-refractivity contribution in [3.63, 3.8) is 0 Å². The van der Waals surface area contributed by atoms with E-state index in [-0.39, 0.29) is 23.7 Å². The van der Waals surface area contributed by atoms with Crippen LogP contribution in [0.15, 0.2) is 48.5 Å². The first-order valence-electron chi connectivity index (χ1n) is 8.13. The third-order valence-corrected chi connectivity index (χ3v) is 3.92. The van der Waals surface area contributed by atoms with Crippen LogP contribution in [0.3, 0.4) is 0 Å². The molecular weight excluding hydrogens is 336 g/mol. The number of amides is 1. The summed E-state index contributed by atoms with van der Waals surface area (Å²) in [4.78, 5) is 34.4. The number of anilines is 1. The molecule has 0 aromatic heterocycles. The van der Waals surface area contributed by atoms with Crippen LogP contribution < -0.4 is 5.32 Å². The van der Waals surface area contributed by atoms with Gasteiger partial charge in [-0.15, -0.1) is 0 Å². The molecule has 2 aromatic carbocycles. The summed E-state index contributed by atoms with van der Waals surface area (Å²) in [5, 5.41) is 13.5. The van der Waals surface area contributed by atoms with Gasteiger partial charge in [0.05, 0.1) is 11.3 Å². The Balaban J connectivity index is 1.89. The van der Waals surface area contributed by atoms with E-state index in [1.807, 2.05) is 37.3 Å². The lowest BCUT2D eigenvalue weighted by Crippen LogP contribution is -2.22. The number of para-hydroxylation sites is 1. The minimum Gasteiger partial charge on any atom is -0.456 e. The first-order valence-corrected chi connectivity index (χ1v) is 8.13. The molecule has 0 bridgehead atoms. The predicted molar refractivity (Wildman–Crippen MR) is 96.9 cm³/mol. The van der Waals surface area contributed by atoms with E-state index in [0.717, 1.165) is 5.56 Å². The summed E-state index contributed by atoms with van der Waals surface area (Å²) < 4.78 is 4.99. The van der Waals surface area contributed by atoms with Crippen LogP contribution in [0.2, 0.25) is 0 Å². The summed E-state index contributed by atoms with van der Waals surface area (Å²) in [6, 6.07) is 14.0. The molecule has 0 fully saturated rings. The van der Waals surface area contributed by atoms with Gasteiger partial charge in [-0.3, -0.25) is 19.7 Å². The standard InChI is InChI=1S/C19H20N2O5/c1-13-7-6-10-16(21(24)25)19(13)20-17(22)12-26-18(23)11-14(2)15-8-4-3-5-9-15/h3-10,14H,11-12H2,1-2H3,(H,20,22)/t14-/m0/s1. The zero-order chi connectivity index (χ0) is 19.1. The van der Waals surface area contributed by atoms with Crippen LogP contribution in [0.25, 0.3) is 0 Å². The van der Waals surface area contributed by atoms with Crippen molar-refractivity contribution in [1.82, 2.24) is 0 Å². The van der Waals surface area contributed by atoms with Crippen molar-refractivity contribution in [1.29, 1.82) is 0 Å². The third-order valence-electron chi connectivity index (χ3n) is 3.92. The van der Waals surface area contributed by atoms with Gasteiger partial charge in [0.25, 0.3) is 11.6 Å². The average molecular weight is 356 g/mol. The van der Waals surface area contributed by atoms with Gasteiger partial charge >= 0.3 is 5.97 Å². The summed E-state index contributed by atoms with van der Waals surface area (Å²) in [7, 11) is 0. The van der Waals surface area contributed by atoms with Crippen molar-refractivity contribution in [3.05, 3.63) is 69.8 Å². The van der Waals surface area contributed by atoms with Gasteiger partial charge in [-0.25, -0.2) is 0 Å². The van der Waals surface area contributed by atoms with E-state index in [1.54, 1.807) is 13.0 Å². The van der Waals surface area contributed by atoms with E-state index in [2.05, 4.69) is 5.32 Å². The first-order chi connectivity index (χ1) is 12.4. The Morgan fingerprint density at radius 3 is 2.50 bits per heavy atom. The minimum absolute atomic E-state index is 0.0378. The second-order valence-corrected chi connectivity index (χ2v) is 5.95. The molecule has 0 heterocycles. The van der Waals surface area contributed by atoms with Gasteiger partial charge < -0.3 is 10.1 Å². The molecule has 1 atom stereocenters. The summed E-state index contributed by atoms with van der Waals surface area (Å²) >= 11 is 0. The molecule has 0 aliphatic heterocycles. The molecule has 0 unspecified atom stereocenters. The fraction of sp³-hybridized carbons (Fsp3) is 0.263. The van der Waals surface area contributed by atoms with Crippen molar-refractivity contribution in [2.24, 2.45) is 0 Å². The van der Waals surface area contributed by atoms with E-state index in [1.165, 1.54) is 12.1 Å². The minimum atomic E-state index is -0.622. The lowest BCUT2D eigenvalue weighted by atomic mass is 9.98. The summed E-state index contributed by atoms with van der Waals surface area (Å²) in [5.41, 5.74) is 1.46. The van der Waals surface area contributed by atoms with E-state index in [9.17, 15) is 19.7 Å². The second-order valence-electron chi connectivity index (χ2n) is 5.95. The van der Waals surface area contributed by atoms with Crippen LogP contribution in [0, 0.1) is 17.0 Å². The van der Waals surface area contributed by atoms with Gasteiger partial charge in [-0.05, 0) is 24.0 Å². The van der Waals surface area contributed by atoms with Gasteiger partial charge in [0, 0.05) is 6.07 Å². The zero-order valence-electron chi connectivity index (χ0n) is 14.6. The molecule has 1 N–H and O–H groups in total. The number of aryl methyl sites for hydroxylation is 1. The molecule has 7 heteroatoms. The number of nitro groups is 1. The summed E-state index contributed by atoms with van der Waals surface area (Å²) in [6.45, 7) is 3.05. The smallest absolute Gasteiger partial charge is 0.306 e. The van der Waals surface area contributed by atoms with Gasteiger partial charge in [-0.1, -0.05) is 49.4 Å². The molecule has 2 rings (SSSR count). The molecule has 0 radical (unpaired) electrons. The Hall–Kier alpha value is -3.22. The van der Waals surface area contributed by atoms with Gasteiger partial charge in [-0.2, -0.15) is 0 Å². The second kappa shape index (κ2) is 8.75. The van der Waals surface area contributed by atoms with Crippen LogP contribution in [-0.2, 0) is 14.3 Å². The SMILES string of the molecule is Cc1cccc([N+](=O)[O-])c1NC(=O)COC(=O)C[C@H](C)c1ccccc1. The highest BCUT2D eigenvalue weighted by Crippen LogP contribution is 2.27. The maximum absolute atomic E-state index is 12.0. The molecule has 1 amide bonds. The Bertz CT molecular complexity index is 805. The number of rotatable bonds is 7. The van der Waals surface area contributed by atoms with Gasteiger partial charge in [0.15, 0.2) is 6.61 Å². The fourth-order valence-electron chi connectivity index (χ4n) is 2.50. The number of nitrogens with one attached hydrogen (secondary N) is 1. The largest absolute Gasteiger partial charge is 0.456 e. The number of esters is 1. The van der Waals surface area contributed by atoms with Crippen molar-refractivity contribution in [2.45, 2.75) is 26.2 Å². The van der Waals surface area contributed by atoms with Crippen LogP contribution in [-0.4, -0.2) is 23.4 Å². The monoisotopic (exact) mass is 356 g/mol. The molecular formula is C19H20N2O5. The van der Waals surface area contributed by atoms with E-state index in [4.69, 9.17) is 4.74 Å². The van der Waals surface area contributed by atoms with Crippen molar-refractivity contribution in [2.75, 3.05) is 11.9 Å². The summed E-state index contributed by atoms with van der Waals surface area (Å²) in [6.07, 6.45) is 0.141. The van der Waals surface area contributed by atoms with E-state index >= 15 is 0 Å². The molecule has 0 saturated carbocycles. The third kappa shape index (κ3) is 5.14. The highest BCUT2D eigenvalue weighted by molar-refractivity contribution is 5.95. The Morgan fingerprint density at radius 2 is 1.85 bits per heavy atom. The number of nitrogens with zero attached hydrogens (tertiary/aromatic N) is 1. The maximum Gasteiger partial charge on any atom is 0.306 e. The lowest BCUT2D eigenvalue weighted by Gasteiger charge is -2.12. The molecule has 0 aliphatic rings. The maximum atomic E-state index is 12.0. The molecule has 7 nitrogen and oxygen atoms in total. The molecule has 0 saturated heterocycles. The molecule has 2 aromatic rings. The Kier molecular flexibility index (Phi) is 6.43. The number of nitro benzene ring substituents is 1. The fourth-order valence-corrected chi connectivity index (χ4v) is 2.50. The molecule has 136 valence electrons. The Labute approximate surface area is 151 Å².